The molecule has 2 bridgehead atoms. The maximum absolute atomic E-state index is 12.5. The standard InChI is InChI=1S/C25H26BrN5O4S/c1-12(2)21(23(32)33)27-24(34)35-11-14(4)31-25(28-29-30-31)16-8-6-5-7-15(16)22-20(26)18-17(36-22)10-9-13(3)19(18)25/h5-10,12,14,21H,11H2,1-4H3,(H,27,34)(H,28,30)(H,32,33)/t14?,21-,25?/m0/s1. The van der Waals surface area contributed by atoms with Crippen molar-refractivity contribution < 1.29 is 19.4 Å². The third-order valence-electron chi connectivity index (χ3n) is 6.70. The molecule has 0 radical (unpaired) electrons. The number of nitrogens with one attached hydrogen (secondary N) is 2. The van der Waals surface area contributed by atoms with E-state index in [-0.39, 0.29) is 18.6 Å². The molecule has 9 nitrogen and oxygen atoms in total. The first-order valence-electron chi connectivity index (χ1n) is 11.6. The minimum Gasteiger partial charge on any atom is -0.480 e. The van der Waals surface area contributed by atoms with Crippen LogP contribution in [-0.4, -0.2) is 40.9 Å². The van der Waals surface area contributed by atoms with E-state index < -0.39 is 23.8 Å². The predicted octanol–water partition coefficient (Wildman–Crippen LogP) is 5.57. The molecule has 1 spiro atoms. The van der Waals surface area contributed by atoms with E-state index in [1.807, 2.05) is 24.1 Å². The number of carbonyl (C=O) groups is 2. The Morgan fingerprint density at radius 2 is 2.00 bits per heavy atom. The highest BCUT2D eigenvalue weighted by molar-refractivity contribution is 9.10. The highest BCUT2D eigenvalue weighted by atomic mass is 79.9. The van der Waals surface area contributed by atoms with E-state index in [4.69, 9.17) is 9.85 Å². The predicted molar refractivity (Wildman–Crippen MR) is 141 cm³/mol. The van der Waals surface area contributed by atoms with Crippen LogP contribution < -0.4 is 10.9 Å². The molecule has 0 saturated heterocycles. The van der Waals surface area contributed by atoms with Crippen molar-refractivity contribution in [2.75, 3.05) is 6.61 Å². The maximum atomic E-state index is 12.5. The Kier molecular flexibility index (Phi) is 6.26. The van der Waals surface area contributed by atoms with E-state index in [1.54, 1.807) is 25.2 Å². The second kappa shape index (κ2) is 9.13. The highest BCUT2D eigenvalue weighted by Gasteiger charge is 2.52. The van der Waals surface area contributed by atoms with E-state index in [1.165, 1.54) is 0 Å². The Morgan fingerprint density at radius 3 is 2.72 bits per heavy atom. The van der Waals surface area contributed by atoms with Crippen LogP contribution in [0.25, 0.3) is 20.5 Å². The molecule has 2 unspecified atom stereocenters. The van der Waals surface area contributed by atoms with Gasteiger partial charge in [-0.25, -0.2) is 15.1 Å². The van der Waals surface area contributed by atoms with Crippen molar-refractivity contribution in [1.29, 1.82) is 0 Å². The molecule has 2 aliphatic rings. The Morgan fingerprint density at radius 1 is 1.25 bits per heavy atom. The Labute approximate surface area is 220 Å². The van der Waals surface area contributed by atoms with Gasteiger partial charge in [0.15, 0.2) is 0 Å². The third-order valence-corrected chi connectivity index (χ3v) is 8.94. The molecule has 3 aromatic rings. The van der Waals surface area contributed by atoms with Crippen LogP contribution in [0.5, 0.6) is 0 Å². The molecule has 1 aliphatic carbocycles. The molecule has 5 rings (SSSR count). The van der Waals surface area contributed by atoms with E-state index >= 15 is 0 Å². The number of hydrazine groups is 1. The number of aliphatic carboxylic acids is 1. The number of carboxylic acids is 1. The zero-order valence-corrected chi connectivity index (χ0v) is 22.6. The van der Waals surface area contributed by atoms with Gasteiger partial charge < -0.3 is 15.2 Å². The van der Waals surface area contributed by atoms with Crippen LogP contribution in [0.3, 0.4) is 0 Å². The Balaban J connectivity index is 1.53. The molecule has 3 atom stereocenters. The van der Waals surface area contributed by atoms with Crippen LogP contribution in [0.2, 0.25) is 0 Å². The summed E-state index contributed by atoms with van der Waals surface area (Å²) < 4.78 is 7.65. The molecular weight excluding hydrogens is 546 g/mol. The molecule has 2 heterocycles. The first-order valence-corrected chi connectivity index (χ1v) is 13.2. The zero-order chi connectivity index (χ0) is 25.8. The van der Waals surface area contributed by atoms with Crippen molar-refractivity contribution in [1.82, 2.24) is 15.9 Å². The number of rotatable bonds is 6. The summed E-state index contributed by atoms with van der Waals surface area (Å²) in [5, 5.41) is 23.9. The average molecular weight is 572 g/mol. The molecule has 0 fully saturated rings. The van der Waals surface area contributed by atoms with Gasteiger partial charge in [-0.05, 0) is 47.3 Å². The van der Waals surface area contributed by atoms with Gasteiger partial charge >= 0.3 is 12.1 Å². The van der Waals surface area contributed by atoms with Crippen LogP contribution in [0.1, 0.15) is 37.5 Å². The number of fused-ring (bicyclic) bond motifs is 5. The maximum Gasteiger partial charge on any atom is 0.407 e. The summed E-state index contributed by atoms with van der Waals surface area (Å²) in [6.07, 6.45) is -0.783. The van der Waals surface area contributed by atoms with Gasteiger partial charge in [-0.15, -0.1) is 16.5 Å². The number of hydrogen-bond donors (Lipinski definition) is 3. The molecule has 0 saturated carbocycles. The summed E-state index contributed by atoms with van der Waals surface area (Å²) >= 11 is 5.60. The summed E-state index contributed by atoms with van der Waals surface area (Å²) in [7, 11) is 0. The minimum atomic E-state index is -1.10. The molecule has 36 heavy (non-hydrogen) atoms. The number of thiophene rings is 1. The van der Waals surface area contributed by atoms with Crippen LogP contribution in [0.4, 0.5) is 4.79 Å². The monoisotopic (exact) mass is 571 g/mol. The number of nitrogens with zero attached hydrogens (tertiary/aromatic N) is 3. The molecule has 188 valence electrons. The second-order valence-electron chi connectivity index (χ2n) is 9.42. The van der Waals surface area contributed by atoms with Gasteiger partial charge in [-0.3, -0.25) is 0 Å². The quantitative estimate of drug-likeness (QED) is 0.356. The molecule has 1 aromatic heterocycles. The van der Waals surface area contributed by atoms with Gasteiger partial charge in [0.2, 0.25) is 5.66 Å². The average Bonchev–Trinajstić information content (AvgIpc) is 3.40. The van der Waals surface area contributed by atoms with Gasteiger partial charge in [0.05, 0.1) is 10.9 Å². The van der Waals surface area contributed by atoms with Gasteiger partial charge in [0.25, 0.3) is 0 Å². The number of carbonyl (C=O) groups excluding carboxylic acids is 1. The molecule has 1 amide bonds. The number of amides is 1. The molecular formula is C25H26BrN5O4S. The summed E-state index contributed by atoms with van der Waals surface area (Å²) in [6.45, 7) is 7.41. The molecule has 11 heteroatoms. The van der Waals surface area contributed by atoms with E-state index in [9.17, 15) is 14.7 Å². The first kappa shape index (κ1) is 24.7. The Bertz CT molecular complexity index is 1410. The highest BCUT2D eigenvalue weighted by Crippen LogP contribution is 2.56. The minimum absolute atomic E-state index is 0.0114. The second-order valence-corrected chi connectivity index (χ2v) is 11.3. The summed E-state index contributed by atoms with van der Waals surface area (Å²) in [4.78, 5) is 25.0. The number of ether oxygens (including phenoxy) is 1. The topological polar surface area (TPSA) is 116 Å². The van der Waals surface area contributed by atoms with Crippen LogP contribution in [-0.2, 0) is 15.2 Å². The van der Waals surface area contributed by atoms with Crippen molar-refractivity contribution in [3.8, 4) is 10.4 Å². The number of hydrogen-bond acceptors (Lipinski definition) is 8. The van der Waals surface area contributed by atoms with Gasteiger partial charge in [-0.2, -0.15) is 5.01 Å². The fourth-order valence-electron chi connectivity index (χ4n) is 4.99. The van der Waals surface area contributed by atoms with E-state index in [0.29, 0.717) is 0 Å². The van der Waals surface area contributed by atoms with Gasteiger partial charge in [-0.1, -0.05) is 49.4 Å². The zero-order valence-electron chi connectivity index (χ0n) is 20.2. The number of halogens is 1. The van der Waals surface area contributed by atoms with Crippen molar-refractivity contribution in [2.24, 2.45) is 16.3 Å². The van der Waals surface area contributed by atoms with Crippen LogP contribution in [0, 0.1) is 12.8 Å². The lowest BCUT2D eigenvalue weighted by Crippen LogP contribution is -2.54. The first-order chi connectivity index (χ1) is 17.2. The lowest BCUT2D eigenvalue weighted by molar-refractivity contribution is -0.140. The van der Waals surface area contributed by atoms with Gasteiger partial charge in [0.1, 0.15) is 12.6 Å². The number of aryl methyl sites for hydroxylation is 1. The van der Waals surface area contributed by atoms with Crippen molar-refractivity contribution in [3.05, 3.63) is 57.6 Å². The summed E-state index contributed by atoms with van der Waals surface area (Å²) in [6, 6.07) is 11.0. The fourth-order valence-corrected chi connectivity index (χ4v) is 7.13. The van der Waals surface area contributed by atoms with Crippen molar-refractivity contribution in [2.45, 2.75) is 45.4 Å². The normalized spacial score (nSPS) is 19.8. The summed E-state index contributed by atoms with van der Waals surface area (Å²) in [5.41, 5.74) is 6.15. The van der Waals surface area contributed by atoms with Crippen molar-refractivity contribution >= 4 is 49.4 Å². The fraction of sp³-hybridized carbons (Fsp3) is 0.360. The number of carboxylic acid groups (broad SMARTS) is 1. The lowest BCUT2D eigenvalue weighted by atomic mass is 9.85. The SMILES string of the molecule is Cc1ccc2sc3c(Br)c2c1C1(N=NNN1C(C)COC(=O)N[C@H](C(=O)O)C(C)C)c1ccccc1-3. The number of benzene rings is 2. The van der Waals surface area contributed by atoms with E-state index in [0.717, 1.165) is 41.7 Å². The smallest absolute Gasteiger partial charge is 0.407 e. The van der Waals surface area contributed by atoms with E-state index in [2.05, 4.69) is 63.2 Å². The molecule has 2 aromatic carbocycles. The van der Waals surface area contributed by atoms with Gasteiger partial charge in [0, 0.05) is 31.2 Å². The largest absolute Gasteiger partial charge is 0.480 e. The molecule has 3 N–H and O–H groups in total. The van der Waals surface area contributed by atoms with Crippen molar-refractivity contribution in [3.63, 3.8) is 0 Å². The molecule has 1 aliphatic heterocycles. The van der Waals surface area contributed by atoms with Crippen LogP contribution >= 0.6 is 27.3 Å². The summed E-state index contributed by atoms with van der Waals surface area (Å²) in [5.74, 6) is -1.39. The number of alkyl carbamates (subject to hydrolysis) is 1. The lowest BCUT2D eigenvalue weighted by Gasteiger charge is -2.39. The Hall–Kier alpha value is -3.02. The van der Waals surface area contributed by atoms with Crippen LogP contribution in [0.15, 0.2) is 51.2 Å². The third kappa shape index (κ3) is 3.68.